The summed E-state index contributed by atoms with van der Waals surface area (Å²) in [4.78, 5) is 18.5. The van der Waals surface area contributed by atoms with Crippen LogP contribution < -0.4 is 0 Å². The molecule has 2 heterocycles. The fourth-order valence-electron chi connectivity index (χ4n) is 3.92. The van der Waals surface area contributed by atoms with Gasteiger partial charge in [-0.3, -0.25) is 4.79 Å². The molecule has 1 aromatic carbocycles. The number of carbonyl (C=O) groups excluding carboxylic acids is 1. The summed E-state index contributed by atoms with van der Waals surface area (Å²) >= 11 is 0. The second-order valence-corrected chi connectivity index (χ2v) is 6.38. The molecule has 1 aliphatic carbocycles. The Morgan fingerprint density at radius 1 is 1.32 bits per heavy atom. The highest BCUT2D eigenvalue weighted by Crippen LogP contribution is 2.31. The van der Waals surface area contributed by atoms with Gasteiger partial charge in [-0.15, -0.1) is 0 Å². The van der Waals surface area contributed by atoms with Gasteiger partial charge >= 0.3 is 0 Å². The van der Waals surface area contributed by atoms with Crippen molar-refractivity contribution in [2.75, 3.05) is 6.54 Å². The van der Waals surface area contributed by atoms with Gasteiger partial charge in [0.25, 0.3) is 5.91 Å². The van der Waals surface area contributed by atoms with Crippen LogP contribution in [0.3, 0.4) is 0 Å². The molecule has 22 heavy (non-hydrogen) atoms. The Balaban J connectivity index is 1.79. The van der Waals surface area contributed by atoms with Gasteiger partial charge in [0.05, 0.1) is 17.1 Å². The van der Waals surface area contributed by atoms with Crippen LogP contribution in [0.15, 0.2) is 30.4 Å². The van der Waals surface area contributed by atoms with Crippen molar-refractivity contribution in [1.82, 2.24) is 9.88 Å². The zero-order chi connectivity index (χ0) is 15.1. The van der Waals surface area contributed by atoms with Crippen molar-refractivity contribution in [3.05, 3.63) is 47.2 Å². The quantitative estimate of drug-likeness (QED) is 0.839. The van der Waals surface area contributed by atoms with E-state index in [-0.39, 0.29) is 11.9 Å². The number of aromatic amines is 1. The number of benzene rings is 1. The van der Waals surface area contributed by atoms with Gasteiger partial charge < -0.3 is 9.88 Å². The number of nitrogens with zero attached hydrogens (tertiary/aromatic N) is 1. The van der Waals surface area contributed by atoms with E-state index in [9.17, 15) is 4.79 Å². The highest BCUT2D eigenvalue weighted by atomic mass is 16.2. The standard InChI is InChI=1S/C19H22N2O/c1-2-13-7-6-12-21(13)19(22)16-10-5-9-15-14-8-3-4-11-17(14)20-18(15)16/h5-7,9-10,13,20H,2-4,8,11-12H2,1H3. The number of hydrogen-bond donors (Lipinski definition) is 1. The summed E-state index contributed by atoms with van der Waals surface area (Å²) in [6, 6.07) is 6.40. The molecule has 2 aromatic rings. The Kier molecular flexibility index (Phi) is 3.29. The molecule has 0 bridgehead atoms. The molecule has 2 aliphatic rings. The molecule has 4 rings (SSSR count). The number of amides is 1. The molecule has 0 saturated heterocycles. The number of hydrogen-bond acceptors (Lipinski definition) is 1. The summed E-state index contributed by atoms with van der Waals surface area (Å²) < 4.78 is 0. The molecular formula is C19H22N2O. The van der Waals surface area contributed by atoms with E-state index in [1.807, 2.05) is 17.0 Å². The number of nitrogens with one attached hydrogen (secondary N) is 1. The summed E-state index contributed by atoms with van der Waals surface area (Å²) in [5.74, 6) is 0.154. The lowest BCUT2D eigenvalue weighted by Crippen LogP contribution is -2.35. The maximum Gasteiger partial charge on any atom is 0.256 e. The largest absolute Gasteiger partial charge is 0.358 e. The Bertz CT molecular complexity index is 756. The first-order chi connectivity index (χ1) is 10.8. The number of H-pyrrole nitrogens is 1. The number of fused-ring (bicyclic) bond motifs is 3. The fourth-order valence-corrected chi connectivity index (χ4v) is 3.92. The molecule has 1 unspecified atom stereocenters. The van der Waals surface area contributed by atoms with Crippen LogP contribution in [0.1, 0.15) is 47.8 Å². The second kappa shape index (κ2) is 5.31. The van der Waals surface area contributed by atoms with Gasteiger partial charge in [-0.1, -0.05) is 31.2 Å². The first-order valence-corrected chi connectivity index (χ1v) is 8.39. The smallest absolute Gasteiger partial charge is 0.256 e. The lowest BCUT2D eigenvalue weighted by molar-refractivity contribution is 0.0749. The predicted molar refractivity (Wildman–Crippen MR) is 89.2 cm³/mol. The van der Waals surface area contributed by atoms with E-state index in [1.165, 1.54) is 29.5 Å². The van der Waals surface area contributed by atoms with Crippen LogP contribution in [0.4, 0.5) is 0 Å². The average molecular weight is 294 g/mol. The number of para-hydroxylation sites is 1. The molecule has 114 valence electrons. The Hall–Kier alpha value is -2.03. The van der Waals surface area contributed by atoms with E-state index in [0.717, 1.165) is 36.9 Å². The first-order valence-electron chi connectivity index (χ1n) is 8.39. The van der Waals surface area contributed by atoms with Crippen LogP contribution in [0.25, 0.3) is 10.9 Å². The molecule has 1 amide bonds. The van der Waals surface area contributed by atoms with Crippen LogP contribution >= 0.6 is 0 Å². The fraction of sp³-hybridized carbons (Fsp3) is 0.421. The first kappa shape index (κ1) is 13.6. The van der Waals surface area contributed by atoms with Crippen molar-refractivity contribution in [1.29, 1.82) is 0 Å². The van der Waals surface area contributed by atoms with E-state index < -0.39 is 0 Å². The maximum atomic E-state index is 13.0. The Morgan fingerprint density at radius 2 is 2.18 bits per heavy atom. The second-order valence-electron chi connectivity index (χ2n) is 6.38. The molecule has 0 fully saturated rings. The molecule has 0 saturated carbocycles. The summed E-state index contributed by atoms with van der Waals surface area (Å²) in [7, 11) is 0. The monoisotopic (exact) mass is 294 g/mol. The summed E-state index contributed by atoms with van der Waals surface area (Å²) in [5.41, 5.74) is 4.64. The molecule has 1 N–H and O–H groups in total. The predicted octanol–water partition coefficient (Wildman–Crippen LogP) is 3.84. The normalized spacial score (nSPS) is 20.6. The van der Waals surface area contributed by atoms with E-state index in [2.05, 4.69) is 30.1 Å². The highest BCUT2D eigenvalue weighted by molar-refractivity contribution is 6.07. The molecule has 1 aliphatic heterocycles. The van der Waals surface area contributed by atoms with Gasteiger partial charge in [-0.05, 0) is 43.7 Å². The zero-order valence-corrected chi connectivity index (χ0v) is 13.1. The van der Waals surface area contributed by atoms with E-state index in [4.69, 9.17) is 0 Å². The van der Waals surface area contributed by atoms with Crippen LogP contribution in [0, 0.1) is 0 Å². The van der Waals surface area contributed by atoms with Gasteiger partial charge in [0.2, 0.25) is 0 Å². The maximum absolute atomic E-state index is 13.0. The third-order valence-electron chi connectivity index (χ3n) is 5.10. The van der Waals surface area contributed by atoms with Crippen LogP contribution in [0.5, 0.6) is 0 Å². The topological polar surface area (TPSA) is 36.1 Å². The van der Waals surface area contributed by atoms with E-state index in [1.54, 1.807) is 0 Å². The number of aryl methyl sites for hydroxylation is 2. The molecule has 0 spiro atoms. The van der Waals surface area contributed by atoms with E-state index >= 15 is 0 Å². The minimum Gasteiger partial charge on any atom is -0.358 e. The van der Waals surface area contributed by atoms with Crippen molar-refractivity contribution < 1.29 is 4.79 Å². The molecule has 1 atom stereocenters. The Labute approximate surface area is 131 Å². The summed E-state index contributed by atoms with van der Waals surface area (Å²) in [5, 5.41) is 1.25. The van der Waals surface area contributed by atoms with Crippen molar-refractivity contribution in [2.45, 2.75) is 45.1 Å². The van der Waals surface area contributed by atoms with Gasteiger partial charge in [0, 0.05) is 17.6 Å². The number of rotatable bonds is 2. The molecule has 3 nitrogen and oxygen atoms in total. The molecule has 3 heteroatoms. The highest BCUT2D eigenvalue weighted by Gasteiger charge is 2.27. The number of aromatic nitrogens is 1. The third kappa shape index (κ3) is 1.99. The van der Waals surface area contributed by atoms with Gasteiger partial charge in [0.15, 0.2) is 0 Å². The van der Waals surface area contributed by atoms with Crippen LogP contribution in [-0.2, 0) is 12.8 Å². The lowest BCUT2D eigenvalue weighted by Gasteiger charge is -2.23. The minimum absolute atomic E-state index is 0.154. The van der Waals surface area contributed by atoms with Crippen LogP contribution in [-0.4, -0.2) is 28.4 Å². The van der Waals surface area contributed by atoms with E-state index in [0.29, 0.717) is 0 Å². The van der Waals surface area contributed by atoms with Crippen LogP contribution in [0.2, 0.25) is 0 Å². The minimum atomic E-state index is 0.154. The summed E-state index contributed by atoms with van der Waals surface area (Å²) in [6.45, 7) is 2.86. The third-order valence-corrected chi connectivity index (χ3v) is 5.10. The Morgan fingerprint density at radius 3 is 3.05 bits per heavy atom. The average Bonchev–Trinajstić information content (AvgIpc) is 3.18. The number of carbonyl (C=O) groups is 1. The van der Waals surface area contributed by atoms with Crippen molar-refractivity contribution in [3.63, 3.8) is 0 Å². The summed E-state index contributed by atoms with van der Waals surface area (Å²) in [6.07, 6.45) is 9.97. The van der Waals surface area contributed by atoms with Crippen molar-refractivity contribution >= 4 is 16.8 Å². The lowest BCUT2D eigenvalue weighted by atomic mass is 9.95. The molecule has 1 aromatic heterocycles. The van der Waals surface area contributed by atoms with Crippen molar-refractivity contribution in [3.8, 4) is 0 Å². The SMILES string of the molecule is CCC1C=CCN1C(=O)c1cccc2c3c([nH]c12)CCCC3. The van der Waals surface area contributed by atoms with Gasteiger partial charge in [0.1, 0.15) is 0 Å². The zero-order valence-electron chi connectivity index (χ0n) is 13.1. The van der Waals surface area contributed by atoms with Gasteiger partial charge in [-0.25, -0.2) is 0 Å². The molecular weight excluding hydrogens is 272 g/mol. The van der Waals surface area contributed by atoms with Gasteiger partial charge in [-0.2, -0.15) is 0 Å². The molecule has 0 radical (unpaired) electrons. The van der Waals surface area contributed by atoms with Crippen molar-refractivity contribution in [2.24, 2.45) is 0 Å².